The highest BCUT2D eigenvalue weighted by Gasteiger charge is 2.25. The molecule has 20 heavy (non-hydrogen) atoms. The van der Waals surface area contributed by atoms with Crippen molar-refractivity contribution >= 4 is 11.3 Å². The molecule has 3 nitrogen and oxygen atoms in total. The highest BCUT2D eigenvalue weighted by Crippen LogP contribution is 2.37. The van der Waals surface area contributed by atoms with E-state index in [1.807, 2.05) is 11.4 Å². The lowest BCUT2D eigenvalue weighted by Crippen LogP contribution is -2.21. The summed E-state index contributed by atoms with van der Waals surface area (Å²) in [6.07, 6.45) is 1.86. The highest BCUT2D eigenvalue weighted by atomic mass is 32.1. The van der Waals surface area contributed by atoms with Gasteiger partial charge in [-0.25, -0.2) is 0 Å². The average Bonchev–Trinajstić information content (AvgIpc) is 2.96. The predicted octanol–water partition coefficient (Wildman–Crippen LogP) is 3.46. The summed E-state index contributed by atoms with van der Waals surface area (Å²) in [5, 5.41) is 2.02. The molecule has 0 bridgehead atoms. The fourth-order valence-corrected chi connectivity index (χ4v) is 3.63. The summed E-state index contributed by atoms with van der Waals surface area (Å²) < 4.78 is 11.3. The summed E-state index contributed by atoms with van der Waals surface area (Å²) in [6.45, 7) is 0.774. The van der Waals surface area contributed by atoms with Crippen molar-refractivity contribution in [3.63, 3.8) is 0 Å². The molecular formula is C16H19NO2S. The van der Waals surface area contributed by atoms with Crippen LogP contribution >= 0.6 is 11.3 Å². The summed E-state index contributed by atoms with van der Waals surface area (Å²) in [6, 6.07) is 10.4. The number of fused-ring (bicyclic) bond motifs is 1. The first-order valence-corrected chi connectivity index (χ1v) is 7.74. The summed E-state index contributed by atoms with van der Waals surface area (Å²) in [5.41, 5.74) is 9.02. The van der Waals surface area contributed by atoms with Crippen molar-refractivity contribution < 1.29 is 9.47 Å². The monoisotopic (exact) mass is 289 g/mol. The smallest absolute Gasteiger partial charge is 0.134 e. The topological polar surface area (TPSA) is 44.5 Å². The van der Waals surface area contributed by atoms with Crippen LogP contribution in [0.1, 0.15) is 34.6 Å². The fraction of sp³-hybridized carbons (Fsp3) is 0.375. The minimum Gasteiger partial charge on any atom is -0.496 e. The molecule has 0 saturated heterocycles. The Labute approximate surface area is 123 Å². The van der Waals surface area contributed by atoms with Gasteiger partial charge in [0.05, 0.1) is 24.7 Å². The van der Waals surface area contributed by atoms with Gasteiger partial charge < -0.3 is 15.2 Å². The largest absolute Gasteiger partial charge is 0.496 e. The lowest BCUT2D eigenvalue weighted by atomic mass is 9.93. The minimum atomic E-state index is -0.0545. The van der Waals surface area contributed by atoms with Crippen molar-refractivity contribution in [1.29, 1.82) is 0 Å². The van der Waals surface area contributed by atoms with Gasteiger partial charge in [0.2, 0.25) is 0 Å². The van der Waals surface area contributed by atoms with E-state index in [1.54, 1.807) is 18.4 Å². The molecule has 1 aliphatic rings. The Hall–Kier alpha value is -1.36. The summed E-state index contributed by atoms with van der Waals surface area (Å²) in [4.78, 5) is 1.10. The van der Waals surface area contributed by atoms with Gasteiger partial charge >= 0.3 is 0 Å². The van der Waals surface area contributed by atoms with E-state index in [9.17, 15) is 0 Å². The van der Waals surface area contributed by atoms with E-state index in [4.69, 9.17) is 15.2 Å². The normalized spacial score (nSPS) is 19.4. The van der Waals surface area contributed by atoms with E-state index < -0.39 is 0 Å². The minimum absolute atomic E-state index is 0.0545. The zero-order valence-electron chi connectivity index (χ0n) is 11.5. The highest BCUT2D eigenvalue weighted by molar-refractivity contribution is 7.10. The third-order valence-electron chi connectivity index (χ3n) is 3.77. The number of benzene rings is 1. The molecule has 2 aromatic rings. The van der Waals surface area contributed by atoms with Gasteiger partial charge in [0, 0.05) is 6.04 Å². The van der Waals surface area contributed by atoms with E-state index in [0.29, 0.717) is 0 Å². The van der Waals surface area contributed by atoms with Gasteiger partial charge in [0.25, 0.3) is 0 Å². The first kappa shape index (κ1) is 13.6. The molecule has 106 valence electrons. The zero-order chi connectivity index (χ0) is 13.9. The molecule has 3 rings (SSSR count). The zero-order valence-corrected chi connectivity index (χ0v) is 12.4. The third kappa shape index (κ3) is 2.59. The molecule has 4 heteroatoms. The first-order valence-electron chi connectivity index (χ1n) is 6.86. The molecule has 0 spiro atoms. The van der Waals surface area contributed by atoms with Crippen LogP contribution in [0.25, 0.3) is 0 Å². The Bertz CT molecular complexity index is 581. The number of rotatable bonds is 4. The summed E-state index contributed by atoms with van der Waals surface area (Å²) in [7, 11) is 1.69. The fourth-order valence-electron chi connectivity index (χ4n) is 2.76. The molecule has 0 amide bonds. The molecule has 0 saturated carbocycles. The van der Waals surface area contributed by atoms with Crippen molar-refractivity contribution in [3.05, 3.63) is 51.7 Å². The number of methoxy groups -OCH3 is 1. The summed E-state index contributed by atoms with van der Waals surface area (Å²) >= 11 is 1.65. The predicted molar refractivity (Wildman–Crippen MR) is 81.3 cm³/mol. The van der Waals surface area contributed by atoms with Gasteiger partial charge in [-0.15, -0.1) is 11.3 Å². The standard InChI is InChI=1S/C16H19NO2S/c1-18-14-7-9-20-16(14)13(17)10-15-12-5-3-2-4-11(12)6-8-19-15/h2-5,7,9,13,15H,6,8,10,17H2,1H3. The van der Waals surface area contributed by atoms with Crippen LogP contribution in [0.5, 0.6) is 5.75 Å². The van der Waals surface area contributed by atoms with Crippen molar-refractivity contribution in [1.82, 2.24) is 0 Å². The Morgan fingerprint density at radius 3 is 3.10 bits per heavy atom. The molecule has 1 aromatic heterocycles. The van der Waals surface area contributed by atoms with E-state index in [0.717, 1.165) is 30.1 Å². The second-order valence-corrected chi connectivity index (χ2v) is 5.95. The van der Waals surface area contributed by atoms with Crippen LogP contribution < -0.4 is 10.5 Å². The van der Waals surface area contributed by atoms with E-state index in [-0.39, 0.29) is 12.1 Å². The van der Waals surface area contributed by atoms with Crippen LogP contribution in [0.2, 0.25) is 0 Å². The Morgan fingerprint density at radius 1 is 1.40 bits per heavy atom. The molecule has 0 fully saturated rings. The molecule has 2 N–H and O–H groups in total. The average molecular weight is 289 g/mol. The van der Waals surface area contributed by atoms with Crippen molar-refractivity contribution in [2.75, 3.05) is 13.7 Å². The number of hydrogen-bond donors (Lipinski definition) is 1. The molecule has 2 atom stereocenters. The van der Waals surface area contributed by atoms with Gasteiger partial charge in [-0.1, -0.05) is 24.3 Å². The van der Waals surface area contributed by atoms with Crippen molar-refractivity contribution in [3.8, 4) is 5.75 Å². The SMILES string of the molecule is COc1ccsc1C(N)CC1OCCc2ccccc21. The molecule has 2 heterocycles. The van der Waals surface area contributed by atoms with Crippen LogP contribution in [0, 0.1) is 0 Å². The second kappa shape index (κ2) is 5.95. The van der Waals surface area contributed by atoms with Crippen molar-refractivity contribution in [2.24, 2.45) is 5.73 Å². The van der Waals surface area contributed by atoms with E-state index >= 15 is 0 Å². The van der Waals surface area contributed by atoms with E-state index in [1.165, 1.54) is 11.1 Å². The Kier molecular flexibility index (Phi) is 4.05. The van der Waals surface area contributed by atoms with Crippen LogP contribution in [0.4, 0.5) is 0 Å². The number of nitrogens with two attached hydrogens (primary N) is 1. The third-order valence-corrected chi connectivity index (χ3v) is 4.80. The molecule has 1 aromatic carbocycles. The first-order chi connectivity index (χ1) is 9.79. The molecular weight excluding hydrogens is 270 g/mol. The Morgan fingerprint density at radius 2 is 2.25 bits per heavy atom. The number of ether oxygens (including phenoxy) is 2. The van der Waals surface area contributed by atoms with Gasteiger partial charge in [0.15, 0.2) is 0 Å². The van der Waals surface area contributed by atoms with Crippen LogP contribution in [0.3, 0.4) is 0 Å². The van der Waals surface area contributed by atoms with Crippen molar-refractivity contribution in [2.45, 2.75) is 25.0 Å². The van der Waals surface area contributed by atoms with Gasteiger partial charge in [0.1, 0.15) is 5.75 Å². The summed E-state index contributed by atoms with van der Waals surface area (Å²) in [5.74, 6) is 0.881. The molecule has 1 aliphatic heterocycles. The molecule has 0 radical (unpaired) electrons. The lowest BCUT2D eigenvalue weighted by Gasteiger charge is -2.28. The van der Waals surface area contributed by atoms with Crippen LogP contribution in [0.15, 0.2) is 35.7 Å². The van der Waals surface area contributed by atoms with Crippen LogP contribution in [-0.4, -0.2) is 13.7 Å². The maximum atomic E-state index is 6.35. The second-order valence-electron chi connectivity index (χ2n) is 5.00. The molecule has 2 unspecified atom stereocenters. The van der Waals surface area contributed by atoms with Crippen LogP contribution in [-0.2, 0) is 11.2 Å². The van der Waals surface area contributed by atoms with Gasteiger partial charge in [-0.05, 0) is 35.4 Å². The Balaban J connectivity index is 1.79. The van der Waals surface area contributed by atoms with Gasteiger partial charge in [-0.2, -0.15) is 0 Å². The van der Waals surface area contributed by atoms with Gasteiger partial charge in [-0.3, -0.25) is 0 Å². The maximum Gasteiger partial charge on any atom is 0.134 e. The quantitative estimate of drug-likeness (QED) is 0.937. The van der Waals surface area contributed by atoms with E-state index in [2.05, 4.69) is 24.3 Å². The number of hydrogen-bond acceptors (Lipinski definition) is 4. The maximum absolute atomic E-state index is 6.35. The molecule has 0 aliphatic carbocycles. The lowest BCUT2D eigenvalue weighted by molar-refractivity contribution is 0.0321. The number of thiophene rings is 1.